The normalized spacial score (nSPS) is 10.4. The lowest BCUT2D eigenvalue weighted by molar-refractivity contribution is -0.131. The Hall–Kier alpha value is -3.28. The largest absolute Gasteiger partial charge is 0.426 e. The van der Waals surface area contributed by atoms with Crippen LogP contribution in [0.4, 0.5) is 0 Å². The van der Waals surface area contributed by atoms with Crippen LogP contribution in [-0.2, 0) is 9.59 Å². The summed E-state index contributed by atoms with van der Waals surface area (Å²) in [6, 6.07) is 15.2. The lowest BCUT2D eigenvalue weighted by Gasteiger charge is -2.15. The monoisotopic (exact) mass is 324 g/mol. The standard InChI is InChI=1S/C18H16N2O4/c1-13(21)20(19-12-15-8-4-3-5-9-15)18(23)16-10-6-7-11-17(16)24-14(2)22/h3-12H,1-2H3/b19-12+. The summed E-state index contributed by atoms with van der Waals surface area (Å²) in [6.45, 7) is 2.46. The molecule has 0 atom stereocenters. The molecule has 24 heavy (non-hydrogen) atoms. The van der Waals surface area contributed by atoms with Gasteiger partial charge in [-0.3, -0.25) is 14.4 Å². The van der Waals surface area contributed by atoms with Gasteiger partial charge in [-0.05, 0) is 17.7 Å². The molecule has 0 aliphatic heterocycles. The van der Waals surface area contributed by atoms with Crippen LogP contribution in [-0.4, -0.2) is 29.0 Å². The fraction of sp³-hybridized carbons (Fsp3) is 0.111. The molecule has 0 radical (unpaired) electrons. The minimum atomic E-state index is -0.675. The number of carbonyl (C=O) groups excluding carboxylic acids is 3. The van der Waals surface area contributed by atoms with Crippen molar-refractivity contribution in [2.75, 3.05) is 0 Å². The first-order valence-electron chi connectivity index (χ1n) is 7.20. The molecule has 6 nitrogen and oxygen atoms in total. The van der Waals surface area contributed by atoms with Crippen molar-refractivity contribution >= 4 is 24.0 Å². The molecule has 0 aliphatic rings. The van der Waals surface area contributed by atoms with Crippen molar-refractivity contribution in [2.24, 2.45) is 5.10 Å². The minimum Gasteiger partial charge on any atom is -0.426 e. The molecule has 2 aromatic rings. The van der Waals surface area contributed by atoms with Gasteiger partial charge in [-0.1, -0.05) is 42.5 Å². The Balaban J connectivity index is 2.32. The zero-order chi connectivity index (χ0) is 17.5. The van der Waals surface area contributed by atoms with Crippen LogP contribution >= 0.6 is 0 Å². The van der Waals surface area contributed by atoms with E-state index in [1.54, 1.807) is 24.3 Å². The zero-order valence-electron chi connectivity index (χ0n) is 13.3. The number of amides is 2. The highest BCUT2D eigenvalue weighted by atomic mass is 16.5. The Kier molecular flexibility index (Phi) is 5.57. The summed E-state index contributed by atoms with van der Waals surface area (Å²) < 4.78 is 5.01. The van der Waals surface area contributed by atoms with Crippen molar-refractivity contribution in [3.05, 3.63) is 65.7 Å². The van der Waals surface area contributed by atoms with E-state index in [0.29, 0.717) is 0 Å². The summed E-state index contributed by atoms with van der Waals surface area (Å²) in [4.78, 5) is 35.6. The van der Waals surface area contributed by atoms with E-state index in [4.69, 9.17) is 4.74 Å². The maximum absolute atomic E-state index is 12.6. The van der Waals surface area contributed by atoms with E-state index >= 15 is 0 Å². The van der Waals surface area contributed by atoms with Gasteiger partial charge in [-0.15, -0.1) is 0 Å². The van der Waals surface area contributed by atoms with E-state index in [1.807, 2.05) is 18.2 Å². The summed E-state index contributed by atoms with van der Waals surface area (Å²) in [5, 5.41) is 4.69. The molecule has 122 valence electrons. The van der Waals surface area contributed by atoms with Crippen LogP contribution in [0.1, 0.15) is 29.8 Å². The van der Waals surface area contributed by atoms with Gasteiger partial charge in [0.25, 0.3) is 5.91 Å². The molecule has 0 N–H and O–H groups in total. The first kappa shape index (κ1) is 17.1. The molecule has 6 heteroatoms. The van der Waals surface area contributed by atoms with Gasteiger partial charge in [0, 0.05) is 13.8 Å². The molecule has 0 saturated heterocycles. The minimum absolute atomic E-state index is 0.0770. The van der Waals surface area contributed by atoms with Crippen molar-refractivity contribution < 1.29 is 19.1 Å². The summed E-state index contributed by atoms with van der Waals surface area (Å²) >= 11 is 0. The van der Waals surface area contributed by atoms with Crippen LogP contribution in [0, 0.1) is 0 Å². The highest BCUT2D eigenvalue weighted by molar-refractivity contribution is 6.06. The second kappa shape index (κ2) is 7.82. The molecular weight excluding hydrogens is 308 g/mol. The number of para-hydroxylation sites is 1. The van der Waals surface area contributed by atoms with Crippen LogP contribution in [0.15, 0.2) is 59.7 Å². The molecule has 0 unspecified atom stereocenters. The predicted molar refractivity (Wildman–Crippen MR) is 88.6 cm³/mol. The molecule has 0 heterocycles. The van der Waals surface area contributed by atoms with E-state index < -0.39 is 17.8 Å². The Morgan fingerprint density at radius 3 is 2.21 bits per heavy atom. The first-order chi connectivity index (χ1) is 11.5. The molecule has 0 saturated carbocycles. The number of carbonyl (C=O) groups is 3. The van der Waals surface area contributed by atoms with Crippen molar-refractivity contribution in [3.8, 4) is 5.75 Å². The fourth-order valence-electron chi connectivity index (χ4n) is 1.94. The molecule has 2 aromatic carbocycles. The molecule has 0 spiro atoms. The Morgan fingerprint density at radius 2 is 1.58 bits per heavy atom. The summed E-state index contributed by atoms with van der Waals surface area (Å²) in [7, 11) is 0. The lowest BCUT2D eigenvalue weighted by atomic mass is 10.2. The molecule has 0 aliphatic carbocycles. The van der Waals surface area contributed by atoms with Crippen molar-refractivity contribution in [2.45, 2.75) is 13.8 Å². The summed E-state index contributed by atoms with van der Waals surface area (Å²) in [5.74, 6) is -1.70. The first-order valence-corrected chi connectivity index (χ1v) is 7.20. The maximum Gasteiger partial charge on any atom is 0.308 e. The van der Waals surface area contributed by atoms with Gasteiger partial charge >= 0.3 is 5.97 Å². The van der Waals surface area contributed by atoms with Crippen molar-refractivity contribution in [1.29, 1.82) is 0 Å². The highest BCUT2D eigenvalue weighted by Crippen LogP contribution is 2.20. The van der Waals surface area contributed by atoms with Crippen molar-refractivity contribution in [3.63, 3.8) is 0 Å². The van der Waals surface area contributed by atoms with Gasteiger partial charge in [-0.2, -0.15) is 10.1 Å². The van der Waals surface area contributed by atoms with Crippen LogP contribution in [0.2, 0.25) is 0 Å². The van der Waals surface area contributed by atoms with Gasteiger partial charge in [0.1, 0.15) is 5.75 Å². The van der Waals surface area contributed by atoms with E-state index in [2.05, 4.69) is 5.10 Å². The second-order valence-corrected chi connectivity index (χ2v) is 4.88. The Labute approximate surface area is 139 Å². The number of rotatable bonds is 4. The van der Waals surface area contributed by atoms with Gasteiger partial charge in [0.05, 0.1) is 11.8 Å². The Morgan fingerprint density at radius 1 is 0.958 bits per heavy atom. The third-order valence-electron chi connectivity index (χ3n) is 2.98. The van der Waals surface area contributed by atoms with Crippen LogP contribution < -0.4 is 4.74 Å². The number of esters is 1. The smallest absolute Gasteiger partial charge is 0.308 e. The number of hydrogen-bond donors (Lipinski definition) is 0. The molecular formula is C18H16N2O4. The van der Waals surface area contributed by atoms with Crippen LogP contribution in [0.5, 0.6) is 5.75 Å². The molecule has 0 fully saturated rings. The highest BCUT2D eigenvalue weighted by Gasteiger charge is 2.23. The van der Waals surface area contributed by atoms with E-state index in [9.17, 15) is 14.4 Å². The quantitative estimate of drug-likeness (QED) is 0.375. The second-order valence-electron chi connectivity index (χ2n) is 4.88. The van der Waals surface area contributed by atoms with Gasteiger partial charge in [-0.25, -0.2) is 0 Å². The van der Waals surface area contributed by atoms with E-state index in [0.717, 1.165) is 10.6 Å². The molecule has 2 amide bonds. The van der Waals surface area contributed by atoms with E-state index in [-0.39, 0.29) is 11.3 Å². The number of hydrogen-bond acceptors (Lipinski definition) is 5. The third-order valence-corrected chi connectivity index (χ3v) is 2.98. The SMILES string of the molecule is CC(=O)Oc1ccccc1C(=O)N(/N=C/c1ccccc1)C(C)=O. The summed E-state index contributed by atoms with van der Waals surface area (Å²) in [5.41, 5.74) is 0.818. The number of nitrogens with zero attached hydrogens (tertiary/aromatic N) is 2. The molecule has 0 bridgehead atoms. The topological polar surface area (TPSA) is 76.0 Å². The summed E-state index contributed by atoms with van der Waals surface area (Å²) in [6.07, 6.45) is 1.41. The fourth-order valence-corrected chi connectivity index (χ4v) is 1.94. The van der Waals surface area contributed by atoms with Crippen LogP contribution in [0.3, 0.4) is 0 Å². The number of ether oxygens (including phenoxy) is 1. The number of benzene rings is 2. The number of imide groups is 1. The van der Waals surface area contributed by atoms with Crippen LogP contribution in [0.25, 0.3) is 0 Å². The average molecular weight is 324 g/mol. The lowest BCUT2D eigenvalue weighted by Crippen LogP contribution is -2.31. The molecule has 2 rings (SSSR count). The number of hydrazone groups is 1. The predicted octanol–water partition coefficient (Wildman–Crippen LogP) is 2.63. The maximum atomic E-state index is 12.6. The third kappa shape index (κ3) is 4.36. The van der Waals surface area contributed by atoms with Gasteiger partial charge in [0.2, 0.25) is 5.91 Å². The van der Waals surface area contributed by atoms with Crippen molar-refractivity contribution in [1.82, 2.24) is 5.01 Å². The van der Waals surface area contributed by atoms with Gasteiger partial charge < -0.3 is 4.74 Å². The molecule has 0 aromatic heterocycles. The van der Waals surface area contributed by atoms with Gasteiger partial charge in [0.15, 0.2) is 0 Å². The average Bonchev–Trinajstić information content (AvgIpc) is 2.55. The Bertz CT molecular complexity index is 785. The van der Waals surface area contributed by atoms with E-state index in [1.165, 1.54) is 32.2 Å². The zero-order valence-corrected chi connectivity index (χ0v) is 13.3.